The first kappa shape index (κ1) is 23.1. The summed E-state index contributed by atoms with van der Waals surface area (Å²) in [6.07, 6.45) is 27.7. The van der Waals surface area contributed by atoms with Crippen LogP contribution in [-0.4, -0.2) is 22.3 Å². The summed E-state index contributed by atoms with van der Waals surface area (Å²) >= 11 is 0. The second kappa shape index (κ2) is 18.5. The van der Waals surface area contributed by atoms with Gasteiger partial charge in [-0.25, -0.2) is 0 Å². The number of carboxylic acid groups (broad SMARTS) is 1. The van der Waals surface area contributed by atoms with Crippen LogP contribution in [0.25, 0.3) is 0 Å². The third-order valence-corrected chi connectivity index (χ3v) is 3.52. The number of hydrogen-bond donors (Lipinski definition) is 2. The molecular weight excluding hydrogens is 312 g/mol. The molecule has 0 aromatic rings. The zero-order valence-corrected chi connectivity index (χ0v) is 15.5. The highest BCUT2D eigenvalue weighted by Gasteiger charge is 2.05. The number of aliphatic hydroxyl groups excluding tert-OH is 1. The van der Waals surface area contributed by atoms with Crippen molar-refractivity contribution in [3.63, 3.8) is 0 Å². The fourth-order valence-electron chi connectivity index (χ4n) is 2.09. The van der Waals surface area contributed by atoms with E-state index >= 15 is 0 Å². The van der Waals surface area contributed by atoms with E-state index in [1.54, 1.807) is 0 Å². The standard InChI is InChI=1S/C22H34O3/c1-2-3-4-5-6-7-8-9-10-11-12-13-14-15-16-17-18-21(23)19-20-22(24)25/h3-4,6-7,9-10,12-13,15-16,21,23H,2,5,8,11,14,17-20H2,1H3,(H,24,25)/b4-3-,7-6-,10-9-,13-12-,16-15-. The van der Waals surface area contributed by atoms with Crippen LogP contribution in [0.2, 0.25) is 0 Å². The van der Waals surface area contributed by atoms with Crippen LogP contribution in [0.15, 0.2) is 60.8 Å². The number of carbonyl (C=O) groups is 1. The molecular formula is C22H34O3. The largest absolute Gasteiger partial charge is 0.481 e. The number of aliphatic hydroxyl groups is 1. The SMILES string of the molecule is CC/C=C\C/C=C\C/C=C\C/C=C\C/C=C\CCC(O)CCC(=O)O. The van der Waals surface area contributed by atoms with Gasteiger partial charge in [-0.2, -0.15) is 0 Å². The van der Waals surface area contributed by atoms with Gasteiger partial charge in [0.1, 0.15) is 0 Å². The van der Waals surface area contributed by atoms with Gasteiger partial charge in [0.15, 0.2) is 0 Å². The van der Waals surface area contributed by atoms with Crippen LogP contribution in [0.3, 0.4) is 0 Å². The smallest absolute Gasteiger partial charge is 0.303 e. The Morgan fingerprint density at radius 2 is 1.20 bits per heavy atom. The van der Waals surface area contributed by atoms with Gasteiger partial charge in [0.2, 0.25) is 0 Å². The van der Waals surface area contributed by atoms with Crippen LogP contribution in [0.5, 0.6) is 0 Å². The van der Waals surface area contributed by atoms with Gasteiger partial charge >= 0.3 is 5.97 Å². The molecule has 0 bridgehead atoms. The molecule has 0 spiro atoms. The zero-order chi connectivity index (χ0) is 18.6. The molecule has 0 fully saturated rings. The topological polar surface area (TPSA) is 57.5 Å². The lowest BCUT2D eigenvalue weighted by molar-refractivity contribution is -0.137. The van der Waals surface area contributed by atoms with E-state index in [2.05, 4.69) is 61.6 Å². The summed E-state index contributed by atoms with van der Waals surface area (Å²) in [5, 5.41) is 18.1. The predicted octanol–water partition coefficient (Wildman–Crippen LogP) is 5.74. The summed E-state index contributed by atoms with van der Waals surface area (Å²) in [5.74, 6) is -0.853. The zero-order valence-electron chi connectivity index (χ0n) is 15.5. The van der Waals surface area contributed by atoms with E-state index in [-0.39, 0.29) is 6.42 Å². The van der Waals surface area contributed by atoms with Crippen molar-refractivity contribution in [2.75, 3.05) is 0 Å². The molecule has 0 heterocycles. The lowest BCUT2D eigenvalue weighted by Crippen LogP contribution is -2.08. The first-order chi connectivity index (χ1) is 12.2. The first-order valence-electron chi connectivity index (χ1n) is 9.31. The Kier molecular flexibility index (Phi) is 17.1. The molecule has 25 heavy (non-hydrogen) atoms. The van der Waals surface area contributed by atoms with Gasteiger partial charge in [-0.1, -0.05) is 67.7 Å². The molecule has 1 unspecified atom stereocenters. The third kappa shape index (κ3) is 20.1. The summed E-state index contributed by atoms with van der Waals surface area (Å²) < 4.78 is 0. The minimum atomic E-state index is -0.853. The molecule has 3 nitrogen and oxygen atoms in total. The van der Waals surface area contributed by atoms with Gasteiger partial charge < -0.3 is 10.2 Å². The fourth-order valence-corrected chi connectivity index (χ4v) is 2.09. The summed E-state index contributed by atoms with van der Waals surface area (Å²) in [6, 6.07) is 0. The van der Waals surface area contributed by atoms with Crippen LogP contribution >= 0.6 is 0 Å². The van der Waals surface area contributed by atoms with Crippen molar-refractivity contribution in [2.24, 2.45) is 0 Å². The van der Waals surface area contributed by atoms with Crippen molar-refractivity contribution in [2.45, 2.75) is 70.8 Å². The maximum atomic E-state index is 10.4. The van der Waals surface area contributed by atoms with Crippen molar-refractivity contribution in [3.8, 4) is 0 Å². The molecule has 2 N–H and O–H groups in total. The average Bonchev–Trinajstić information content (AvgIpc) is 2.59. The van der Waals surface area contributed by atoms with Gasteiger partial charge in [0, 0.05) is 6.42 Å². The summed E-state index contributed by atoms with van der Waals surface area (Å²) in [6.45, 7) is 2.14. The highest BCUT2D eigenvalue weighted by Crippen LogP contribution is 2.06. The Hall–Kier alpha value is -1.87. The van der Waals surface area contributed by atoms with Crippen molar-refractivity contribution >= 4 is 5.97 Å². The molecule has 0 aromatic carbocycles. The van der Waals surface area contributed by atoms with Gasteiger partial charge in [-0.15, -0.1) is 0 Å². The van der Waals surface area contributed by atoms with Gasteiger partial charge in [-0.05, 0) is 51.4 Å². The van der Waals surface area contributed by atoms with Crippen molar-refractivity contribution in [3.05, 3.63) is 60.8 Å². The van der Waals surface area contributed by atoms with E-state index in [1.165, 1.54) is 0 Å². The molecule has 3 heteroatoms. The van der Waals surface area contributed by atoms with Crippen LogP contribution in [0.1, 0.15) is 64.7 Å². The predicted molar refractivity (Wildman–Crippen MR) is 107 cm³/mol. The molecule has 0 saturated carbocycles. The molecule has 0 aliphatic rings. The Balaban J connectivity index is 3.54. The van der Waals surface area contributed by atoms with Crippen LogP contribution in [0, 0.1) is 0 Å². The maximum Gasteiger partial charge on any atom is 0.303 e. The lowest BCUT2D eigenvalue weighted by Gasteiger charge is -2.06. The number of aliphatic carboxylic acids is 1. The molecule has 1 atom stereocenters. The molecule has 0 aliphatic heterocycles. The molecule has 0 saturated heterocycles. The maximum absolute atomic E-state index is 10.4. The Labute approximate surface area is 153 Å². The third-order valence-electron chi connectivity index (χ3n) is 3.52. The van der Waals surface area contributed by atoms with Gasteiger partial charge in [0.25, 0.3) is 0 Å². The highest BCUT2D eigenvalue weighted by atomic mass is 16.4. The molecule has 0 aliphatic carbocycles. The second-order valence-electron chi connectivity index (χ2n) is 5.87. The van der Waals surface area contributed by atoms with Crippen molar-refractivity contribution in [1.82, 2.24) is 0 Å². The van der Waals surface area contributed by atoms with E-state index in [9.17, 15) is 9.90 Å². The molecule has 0 radical (unpaired) electrons. The number of hydrogen-bond acceptors (Lipinski definition) is 2. The lowest BCUT2D eigenvalue weighted by atomic mass is 10.1. The minimum absolute atomic E-state index is 0.0346. The Morgan fingerprint density at radius 1 is 0.760 bits per heavy atom. The van der Waals surface area contributed by atoms with E-state index in [1.807, 2.05) is 6.08 Å². The van der Waals surface area contributed by atoms with Gasteiger partial charge in [0.05, 0.1) is 6.10 Å². The number of carboxylic acids is 1. The normalized spacial score (nSPS) is 14.0. The van der Waals surface area contributed by atoms with Crippen molar-refractivity contribution < 1.29 is 15.0 Å². The summed E-state index contributed by atoms with van der Waals surface area (Å²) in [4.78, 5) is 10.4. The molecule has 0 amide bonds. The van der Waals surface area contributed by atoms with E-state index in [4.69, 9.17) is 5.11 Å². The van der Waals surface area contributed by atoms with Crippen molar-refractivity contribution in [1.29, 1.82) is 0 Å². The first-order valence-corrected chi connectivity index (χ1v) is 9.31. The number of rotatable bonds is 15. The Bertz CT molecular complexity index is 456. The monoisotopic (exact) mass is 346 g/mol. The van der Waals surface area contributed by atoms with E-state index in [0.29, 0.717) is 12.8 Å². The average molecular weight is 347 g/mol. The minimum Gasteiger partial charge on any atom is -0.481 e. The second-order valence-corrected chi connectivity index (χ2v) is 5.87. The van der Waals surface area contributed by atoms with Crippen LogP contribution in [-0.2, 0) is 4.79 Å². The highest BCUT2D eigenvalue weighted by molar-refractivity contribution is 5.66. The molecule has 0 aromatic heterocycles. The summed E-state index contributed by atoms with van der Waals surface area (Å²) in [7, 11) is 0. The van der Waals surface area contributed by atoms with E-state index in [0.717, 1.165) is 38.5 Å². The number of allylic oxidation sites excluding steroid dienone is 10. The van der Waals surface area contributed by atoms with E-state index < -0.39 is 12.1 Å². The Morgan fingerprint density at radius 3 is 1.64 bits per heavy atom. The van der Waals surface area contributed by atoms with Gasteiger partial charge in [-0.3, -0.25) is 4.79 Å². The molecule has 140 valence electrons. The van der Waals surface area contributed by atoms with Crippen LogP contribution in [0.4, 0.5) is 0 Å². The quantitative estimate of drug-likeness (QED) is 0.372. The van der Waals surface area contributed by atoms with Crippen LogP contribution < -0.4 is 0 Å². The fraction of sp³-hybridized carbons (Fsp3) is 0.500. The molecule has 0 rings (SSSR count). The summed E-state index contributed by atoms with van der Waals surface area (Å²) in [5.41, 5.74) is 0.